The number of H-pyrrole nitrogens is 1. The molecule has 1 aromatic heterocycles. The van der Waals surface area contributed by atoms with Gasteiger partial charge >= 0.3 is 0 Å². The molecular weight excluding hydrogens is 544 g/mol. The maximum atomic E-state index is 13.1. The van der Waals surface area contributed by atoms with Crippen LogP contribution in [0.5, 0.6) is 0 Å². The molecule has 0 radical (unpaired) electrons. The number of carbonyl (C=O) groups is 3. The molecule has 11 heteroatoms. The zero-order chi connectivity index (χ0) is 30.9. The fourth-order valence-electron chi connectivity index (χ4n) is 6.52. The van der Waals surface area contributed by atoms with E-state index >= 15 is 0 Å². The van der Waals surface area contributed by atoms with Crippen molar-refractivity contribution in [2.45, 2.75) is 76.3 Å². The fraction of sp³-hybridized carbons (Fsp3) is 0.438. The zero-order valence-electron chi connectivity index (χ0n) is 24.8. The zero-order valence-corrected chi connectivity index (χ0v) is 24.8. The summed E-state index contributed by atoms with van der Waals surface area (Å²) in [5, 5.41) is 20.7. The topological polar surface area (TPSA) is 184 Å². The number of aromatic nitrogens is 3. The van der Waals surface area contributed by atoms with E-state index in [0.717, 1.165) is 34.5 Å². The van der Waals surface area contributed by atoms with E-state index in [1.165, 1.54) is 0 Å². The molecule has 11 nitrogen and oxygen atoms in total. The van der Waals surface area contributed by atoms with Crippen molar-refractivity contribution in [3.05, 3.63) is 81.4 Å². The number of amides is 3. The number of hydrogen-bond acceptors (Lipinski definition) is 7. The summed E-state index contributed by atoms with van der Waals surface area (Å²) in [5.41, 5.74) is 15.0. The molecule has 1 fully saturated rings. The quantitative estimate of drug-likeness (QED) is 0.298. The van der Waals surface area contributed by atoms with Gasteiger partial charge in [0.1, 0.15) is 11.9 Å². The molecule has 1 aliphatic heterocycles. The molecule has 43 heavy (non-hydrogen) atoms. The van der Waals surface area contributed by atoms with E-state index in [1.54, 1.807) is 17.0 Å². The van der Waals surface area contributed by atoms with E-state index in [9.17, 15) is 19.6 Å². The van der Waals surface area contributed by atoms with Gasteiger partial charge in [0.25, 0.3) is 0 Å². The van der Waals surface area contributed by atoms with Crippen molar-refractivity contribution in [3.8, 4) is 6.07 Å². The van der Waals surface area contributed by atoms with Crippen LogP contribution >= 0.6 is 0 Å². The van der Waals surface area contributed by atoms with Crippen molar-refractivity contribution in [1.29, 1.82) is 5.26 Å². The van der Waals surface area contributed by atoms with Crippen LogP contribution in [0, 0.1) is 11.3 Å². The molecule has 1 aliphatic carbocycles. The molecule has 224 valence electrons. The number of primary amides is 2. The van der Waals surface area contributed by atoms with Gasteiger partial charge in [-0.2, -0.15) is 10.4 Å². The first-order valence-corrected chi connectivity index (χ1v) is 14.8. The van der Waals surface area contributed by atoms with Gasteiger partial charge in [-0.25, -0.2) is 4.98 Å². The summed E-state index contributed by atoms with van der Waals surface area (Å²) in [7, 11) is 0. The smallest absolute Gasteiger partial charge is 0.248 e. The summed E-state index contributed by atoms with van der Waals surface area (Å²) >= 11 is 0. The van der Waals surface area contributed by atoms with E-state index in [2.05, 4.69) is 16.5 Å². The SMILES string of the molecule is CC(C)c1nc(C2(C[C@@H](C)NCC(=O)N3CCCC3C#N)c3ccc(C(N)=O)cc3CCc3cc(C(N)=O)ccc32)n[nH]1. The minimum Gasteiger partial charge on any atom is -0.366 e. The van der Waals surface area contributed by atoms with Crippen molar-refractivity contribution in [3.63, 3.8) is 0 Å². The molecule has 2 atom stereocenters. The summed E-state index contributed by atoms with van der Waals surface area (Å²) in [6.45, 7) is 6.75. The molecule has 2 aromatic carbocycles. The second-order valence-corrected chi connectivity index (χ2v) is 11.9. The number of benzene rings is 2. The van der Waals surface area contributed by atoms with Crippen LogP contribution in [0.4, 0.5) is 0 Å². The van der Waals surface area contributed by atoms with Gasteiger partial charge in [-0.3, -0.25) is 19.5 Å². The average molecular weight is 583 g/mol. The molecule has 6 N–H and O–H groups in total. The number of rotatable bonds is 9. The number of hydrogen-bond donors (Lipinski definition) is 4. The third kappa shape index (κ3) is 5.62. The molecule has 1 saturated heterocycles. The van der Waals surface area contributed by atoms with Gasteiger partial charge in [0.2, 0.25) is 17.7 Å². The number of carbonyl (C=O) groups excluding carboxylic acids is 3. The molecule has 0 saturated carbocycles. The number of aromatic amines is 1. The molecule has 0 spiro atoms. The van der Waals surface area contributed by atoms with Gasteiger partial charge in [-0.05, 0) is 85.5 Å². The lowest BCUT2D eigenvalue weighted by Gasteiger charge is -2.37. The Kier molecular flexibility index (Phi) is 8.33. The van der Waals surface area contributed by atoms with Crippen molar-refractivity contribution in [2.75, 3.05) is 13.1 Å². The lowest BCUT2D eigenvalue weighted by Crippen LogP contribution is -2.45. The summed E-state index contributed by atoms with van der Waals surface area (Å²) in [6.07, 6.45) is 3.17. The third-order valence-corrected chi connectivity index (χ3v) is 8.73. The first-order chi connectivity index (χ1) is 20.5. The predicted octanol–water partition coefficient (Wildman–Crippen LogP) is 2.44. The average Bonchev–Trinajstić information content (AvgIpc) is 3.66. The fourth-order valence-corrected chi connectivity index (χ4v) is 6.52. The Balaban J connectivity index is 1.64. The second-order valence-electron chi connectivity index (χ2n) is 11.9. The van der Waals surface area contributed by atoms with Crippen LogP contribution in [-0.2, 0) is 23.1 Å². The van der Waals surface area contributed by atoms with Crippen LogP contribution < -0.4 is 16.8 Å². The number of nitrogens with two attached hydrogens (primary N) is 2. The lowest BCUT2D eigenvalue weighted by atomic mass is 9.67. The highest BCUT2D eigenvalue weighted by molar-refractivity contribution is 5.94. The standard InChI is InChI=1S/C32H38N8O3/c1-18(2)30-37-31(39-38-30)32(15-19(3)36-17-27(41)40-12-4-5-24(40)16-33)25-10-8-22(28(34)42)13-20(25)6-7-21-14-23(29(35)43)9-11-26(21)32/h8-11,13-14,18-19,24,36H,4-7,12,15,17H2,1-3H3,(H2,34,42)(H2,35,43)(H,37,38,39)/t19-,24?/m1/s1. The molecule has 0 bridgehead atoms. The Morgan fingerprint density at radius 1 is 1.07 bits per heavy atom. The van der Waals surface area contributed by atoms with E-state index in [-0.39, 0.29) is 24.4 Å². The summed E-state index contributed by atoms with van der Waals surface area (Å²) < 4.78 is 0. The highest BCUT2D eigenvalue weighted by Crippen LogP contribution is 2.47. The minimum atomic E-state index is -0.907. The minimum absolute atomic E-state index is 0.0849. The maximum absolute atomic E-state index is 13.1. The van der Waals surface area contributed by atoms with E-state index in [1.807, 2.05) is 45.0 Å². The Hall–Kier alpha value is -4.56. The highest BCUT2D eigenvalue weighted by atomic mass is 16.2. The van der Waals surface area contributed by atoms with Gasteiger partial charge < -0.3 is 21.7 Å². The number of nitriles is 1. The van der Waals surface area contributed by atoms with Crippen LogP contribution in [0.3, 0.4) is 0 Å². The summed E-state index contributed by atoms with van der Waals surface area (Å²) in [6, 6.07) is 12.6. The molecule has 3 aromatic rings. The van der Waals surface area contributed by atoms with Crippen LogP contribution in [0.25, 0.3) is 0 Å². The highest BCUT2D eigenvalue weighted by Gasteiger charge is 2.45. The first-order valence-electron chi connectivity index (χ1n) is 14.8. The van der Waals surface area contributed by atoms with Crippen LogP contribution in [0.15, 0.2) is 36.4 Å². The molecular formula is C32H38N8O3. The number of likely N-dealkylation sites (tertiary alicyclic amines) is 1. The van der Waals surface area contributed by atoms with Gasteiger partial charge in [-0.15, -0.1) is 0 Å². The van der Waals surface area contributed by atoms with Crippen LogP contribution in [0.1, 0.15) is 101 Å². The molecule has 2 heterocycles. The Morgan fingerprint density at radius 2 is 1.67 bits per heavy atom. The van der Waals surface area contributed by atoms with Crippen LogP contribution in [0.2, 0.25) is 0 Å². The lowest BCUT2D eigenvalue weighted by molar-refractivity contribution is -0.130. The monoisotopic (exact) mass is 582 g/mol. The number of nitrogens with zero attached hydrogens (tertiary/aromatic N) is 4. The van der Waals surface area contributed by atoms with Gasteiger partial charge in [0.15, 0.2) is 5.82 Å². The van der Waals surface area contributed by atoms with Crippen molar-refractivity contribution < 1.29 is 14.4 Å². The van der Waals surface area contributed by atoms with Gasteiger partial charge in [0.05, 0.1) is 18.0 Å². The molecule has 1 unspecified atom stereocenters. The normalized spacial score (nSPS) is 17.9. The van der Waals surface area contributed by atoms with E-state index in [0.29, 0.717) is 49.2 Å². The summed E-state index contributed by atoms with van der Waals surface area (Å²) in [4.78, 5) is 44.1. The number of fused-ring (bicyclic) bond motifs is 2. The third-order valence-electron chi connectivity index (χ3n) is 8.73. The maximum Gasteiger partial charge on any atom is 0.248 e. The van der Waals surface area contributed by atoms with Crippen molar-refractivity contribution in [2.24, 2.45) is 11.5 Å². The second kappa shape index (κ2) is 12.0. The molecule has 2 aliphatic rings. The van der Waals surface area contributed by atoms with Gasteiger partial charge in [0, 0.05) is 29.6 Å². The number of aryl methyl sites for hydroxylation is 2. The Morgan fingerprint density at radius 3 is 2.19 bits per heavy atom. The number of nitrogens with one attached hydrogen (secondary N) is 2. The Bertz CT molecular complexity index is 1540. The molecule has 3 amide bonds. The Labute approximate surface area is 251 Å². The van der Waals surface area contributed by atoms with Crippen molar-refractivity contribution >= 4 is 17.7 Å². The van der Waals surface area contributed by atoms with E-state index in [4.69, 9.17) is 21.5 Å². The molecule has 5 rings (SSSR count). The van der Waals surface area contributed by atoms with Gasteiger partial charge in [-0.1, -0.05) is 26.0 Å². The largest absolute Gasteiger partial charge is 0.366 e. The van der Waals surface area contributed by atoms with Crippen LogP contribution in [-0.4, -0.2) is 63.0 Å². The first kappa shape index (κ1) is 29.9. The summed E-state index contributed by atoms with van der Waals surface area (Å²) in [5.74, 6) is 0.248. The van der Waals surface area contributed by atoms with Crippen molar-refractivity contribution in [1.82, 2.24) is 25.4 Å². The predicted molar refractivity (Wildman–Crippen MR) is 160 cm³/mol. The van der Waals surface area contributed by atoms with E-state index < -0.39 is 23.3 Å².